The maximum Gasteiger partial charge on any atom is 0.417 e. The molecule has 2 aliphatic heterocycles. The second-order valence-corrected chi connectivity index (χ2v) is 5.58. The highest BCUT2D eigenvalue weighted by atomic mass is 16.6. The number of allylic oxidation sites excluding steroid dienone is 1. The van der Waals surface area contributed by atoms with Crippen LogP contribution in [0.5, 0.6) is 5.75 Å². The van der Waals surface area contributed by atoms with Crippen molar-refractivity contribution in [1.29, 1.82) is 0 Å². The van der Waals surface area contributed by atoms with Gasteiger partial charge in [0, 0.05) is 31.4 Å². The molecule has 1 aromatic carbocycles. The van der Waals surface area contributed by atoms with Crippen molar-refractivity contribution < 1.29 is 14.5 Å². The summed E-state index contributed by atoms with van der Waals surface area (Å²) in [5, 5.41) is 16.4. The molecule has 2 aliphatic rings. The van der Waals surface area contributed by atoms with Crippen LogP contribution in [-0.2, 0) is 0 Å². The third kappa shape index (κ3) is 3.90. The number of benzene rings is 1. The van der Waals surface area contributed by atoms with Gasteiger partial charge >= 0.3 is 6.09 Å². The first-order valence-corrected chi connectivity index (χ1v) is 7.73. The van der Waals surface area contributed by atoms with E-state index >= 15 is 0 Å². The molecule has 8 heteroatoms. The number of nitro groups is 1. The Bertz CT molecular complexity index is 678. The smallest absolute Gasteiger partial charge is 0.410 e. The van der Waals surface area contributed by atoms with Gasteiger partial charge in [-0.1, -0.05) is 0 Å². The number of nitro benzene ring substituents is 1. The normalized spacial score (nSPS) is 20.2. The third-order valence-corrected chi connectivity index (χ3v) is 3.91. The first kappa shape index (κ1) is 16.0. The summed E-state index contributed by atoms with van der Waals surface area (Å²) in [7, 11) is 0. The highest BCUT2D eigenvalue weighted by Gasteiger charge is 2.20. The van der Waals surface area contributed by atoms with E-state index < -0.39 is 11.0 Å². The molecule has 1 aromatic rings. The Balaban J connectivity index is 1.50. The minimum absolute atomic E-state index is 0.0576. The van der Waals surface area contributed by atoms with Crippen LogP contribution in [0.2, 0.25) is 0 Å². The van der Waals surface area contributed by atoms with Gasteiger partial charge in [0.25, 0.3) is 5.69 Å². The molecular formula is C16H18N4O4. The molecule has 0 aliphatic carbocycles. The Morgan fingerprint density at radius 3 is 2.58 bits per heavy atom. The lowest BCUT2D eigenvalue weighted by Gasteiger charge is -2.27. The van der Waals surface area contributed by atoms with Crippen LogP contribution in [-0.4, -0.2) is 35.2 Å². The van der Waals surface area contributed by atoms with Gasteiger partial charge in [-0.05, 0) is 37.1 Å². The van der Waals surface area contributed by atoms with Gasteiger partial charge in [0.1, 0.15) is 5.75 Å². The van der Waals surface area contributed by atoms with Crippen LogP contribution in [0.3, 0.4) is 0 Å². The molecule has 2 heterocycles. The summed E-state index contributed by atoms with van der Waals surface area (Å²) in [5.74, 6) is 0.237. The molecule has 0 spiro atoms. The van der Waals surface area contributed by atoms with E-state index in [1.165, 1.54) is 37.1 Å². The number of likely N-dealkylation sites (tertiary alicyclic amines) is 1. The zero-order valence-electron chi connectivity index (χ0n) is 13.0. The second kappa shape index (κ2) is 7.14. The average Bonchev–Trinajstić information content (AvgIpc) is 3.10. The summed E-state index contributed by atoms with van der Waals surface area (Å²) in [4.78, 5) is 24.3. The standard InChI is InChI=1S/C16H18N4O4/c21-16(24-14-6-4-13(5-7-14)20(22)23)18-12-3-8-15(17-11-12)19-9-1-2-10-19/h3-8,11,15,17H,1-2,9-10H2,(H,18,21). The van der Waals surface area contributed by atoms with Gasteiger partial charge in [0.15, 0.2) is 0 Å². The number of hydrogen-bond acceptors (Lipinski definition) is 6. The van der Waals surface area contributed by atoms with Gasteiger partial charge in [-0.2, -0.15) is 0 Å². The van der Waals surface area contributed by atoms with Crippen molar-refractivity contribution in [3.63, 3.8) is 0 Å². The number of carbonyl (C=O) groups is 1. The Morgan fingerprint density at radius 1 is 1.29 bits per heavy atom. The topological polar surface area (TPSA) is 96.7 Å². The maximum absolute atomic E-state index is 11.9. The van der Waals surface area contributed by atoms with Crippen LogP contribution in [0.4, 0.5) is 10.5 Å². The van der Waals surface area contributed by atoms with Crippen molar-refractivity contribution >= 4 is 11.8 Å². The Hall–Kier alpha value is -2.87. The van der Waals surface area contributed by atoms with E-state index in [-0.39, 0.29) is 17.6 Å². The van der Waals surface area contributed by atoms with Crippen LogP contribution >= 0.6 is 0 Å². The highest BCUT2D eigenvalue weighted by molar-refractivity contribution is 5.73. The van der Waals surface area contributed by atoms with Gasteiger partial charge in [0.2, 0.25) is 0 Å². The molecule has 8 nitrogen and oxygen atoms in total. The number of non-ortho nitro benzene ring substituents is 1. The van der Waals surface area contributed by atoms with Crippen LogP contribution in [0, 0.1) is 10.1 Å². The molecule has 0 saturated carbocycles. The molecule has 0 radical (unpaired) electrons. The van der Waals surface area contributed by atoms with E-state index in [1.54, 1.807) is 6.20 Å². The zero-order chi connectivity index (χ0) is 16.9. The zero-order valence-corrected chi connectivity index (χ0v) is 13.0. The van der Waals surface area contributed by atoms with Crippen LogP contribution in [0.25, 0.3) is 0 Å². The van der Waals surface area contributed by atoms with Gasteiger partial charge in [0.05, 0.1) is 16.8 Å². The quantitative estimate of drug-likeness (QED) is 0.648. The molecule has 1 saturated heterocycles. The largest absolute Gasteiger partial charge is 0.417 e. The van der Waals surface area contributed by atoms with Crippen LogP contribution < -0.4 is 15.4 Å². The lowest BCUT2D eigenvalue weighted by molar-refractivity contribution is -0.384. The average molecular weight is 330 g/mol. The van der Waals surface area contributed by atoms with Crippen molar-refractivity contribution in [2.45, 2.75) is 19.0 Å². The lowest BCUT2D eigenvalue weighted by Crippen LogP contribution is -2.42. The fourth-order valence-electron chi connectivity index (χ4n) is 2.68. The monoisotopic (exact) mass is 330 g/mol. The number of carbonyl (C=O) groups excluding carboxylic acids is 1. The predicted octanol–water partition coefficient (Wildman–Crippen LogP) is 2.11. The number of nitrogens with one attached hydrogen (secondary N) is 2. The third-order valence-electron chi connectivity index (χ3n) is 3.91. The van der Waals surface area contributed by atoms with Gasteiger partial charge in [-0.25, -0.2) is 4.79 Å². The Morgan fingerprint density at radius 2 is 2.00 bits per heavy atom. The Labute approximate surface area is 138 Å². The number of amides is 1. The van der Waals surface area contributed by atoms with Crippen molar-refractivity contribution in [1.82, 2.24) is 15.5 Å². The predicted molar refractivity (Wildman–Crippen MR) is 87.2 cm³/mol. The van der Waals surface area contributed by atoms with Crippen LogP contribution in [0.1, 0.15) is 12.8 Å². The maximum atomic E-state index is 11.9. The molecule has 1 fully saturated rings. The molecule has 1 atom stereocenters. The summed E-state index contributed by atoms with van der Waals surface area (Å²) >= 11 is 0. The second-order valence-electron chi connectivity index (χ2n) is 5.58. The number of nitrogens with zero attached hydrogens (tertiary/aromatic N) is 2. The van der Waals surface area contributed by atoms with E-state index in [0.717, 1.165) is 13.1 Å². The summed E-state index contributed by atoms with van der Waals surface area (Å²) in [6, 6.07) is 5.32. The number of dihydropyridines is 1. The SMILES string of the molecule is O=C(NC1=CNC(N2CCCC2)C=C1)Oc1ccc([N+](=O)[O-])cc1. The van der Waals surface area contributed by atoms with Crippen molar-refractivity contribution in [2.75, 3.05) is 13.1 Å². The molecule has 0 bridgehead atoms. The number of hydrogen-bond donors (Lipinski definition) is 2. The van der Waals surface area contributed by atoms with E-state index in [4.69, 9.17) is 4.74 Å². The summed E-state index contributed by atoms with van der Waals surface area (Å²) in [6.07, 6.45) is 7.48. The Kier molecular flexibility index (Phi) is 4.76. The molecule has 0 aromatic heterocycles. The molecule has 126 valence electrons. The van der Waals surface area contributed by atoms with Crippen molar-refractivity contribution in [3.05, 3.63) is 58.4 Å². The summed E-state index contributed by atoms with van der Waals surface area (Å²) in [6.45, 7) is 2.14. The fourth-order valence-corrected chi connectivity index (χ4v) is 2.68. The molecule has 1 unspecified atom stereocenters. The summed E-state index contributed by atoms with van der Waals surface area (Å²) in [5.41, 5.74) is 0.537. The molecular weight excluding hydrogens is 312 g/mol. The van der Waals surface area contributed by atoms with Gasteiger partial charge in [-0.3, -0.25) is 20.3 Å². The first-order chi connectivity index (χ1) is 11.6. The van der Waals surface area contributed by atoms with E-state index in [0.29, 0.717) is 5.70 Å². The van der Waals surface area contributed by atoms with E-state index in [1.807, 2.05) is 12.2 Å². The van der Waals surface area contributed by atoms with Gasteiger partial charge < -0.3 is 10.1 Å². The van der Waals surface area contributed by atoms with E-state index in [2.05, 4.69) is 15.5 Å². The van der Waals surface area contributed by atoms with Crippen molar-refractivity contribution in [2.24, 2.45) is 0 Å². The van der Waals surface area contributed by atoms with Gasteiger partial charge in [-0.15, -0.1) is 0 Å². The molecule has 24 heavy (non-hydrogen) atoms. The number of rotatable bonds is 4. The minimum atomic E-state index is -0.652. The highest BCUT2D eigenvalue weighted by Crippen LogP contribution is 2.18. The van der Waals surface area contributed by atoms with Crippen LogP contribution in [0.15, 0.2) is 48.3 Å². The minimum Gasteiger partial charge on any atom is -0.410 e. The first-order valence-electron chi connectivity index (χ1n) is 7.73. The molecule has 3 rings (SSSR count). The van der Waals surface area contributed by atoms with E-state index in [9.17, 15) is 14.9 Å². The number of ether oxygens (including phenoxy) is 1. The fraction of sp³-hybridized carbons (Fsp3) is 0.312. The lowest BCUT2D eigenvalue weighted by atomic mass is 10.2. The molecule has 1 amide bonds. The molecule has 2 N–H and O–H groups in total. The van der Waals surface area contributed by atoms with Crippen molar-refractivity contribution in [3.8, 4) is 5.75 Å². The summed E-state index contributed by atoms with van der Waals surface area (Å²) < 4.78 is 5.09.